The molecule has 0 aromatic heterocycles. The fraction of sp³-hybridized carbons (Fsp3) is 0.297. The number of ether oxygens (including phenoxy) is 1. The van der Waals surface area contributed by atoms with Crippen LogP contribution in [-0.2, 0) is 4.74 Å². The van der Waals surface area contributed by atoms with Gasteiger partial charge in [0, 0.05) is 68.3 Å². The zero-order valence-corrected chi connectivity index (χ0v) is 25.3. The van der Waals surface area contributed by atoms with E-state index in [-0.39, 0.29) is 24.0 Å². The van der Waals surface area contributed by atoms with Gasteiger partial charge in [-0.25, -0.2) is 0 Å². The molecule has 2 heterocycles. The maximum atomic E-state index is 13.5. The van der Waals surface area contributed by atoms with E-state index in [9.17, 15) is 9.59 Å². The normalized spacial score (nSPS) is 16.8. The molecule has 0 radical (unpaired) electrons. The van der Waals surface area contributed by atoms with Crippen LogP contribution < -0.4 is 5.32 Å². The standard InChI is InChI=1S/C37H40N4O3/c1-2-44-27-11-22-41-35(32-16-9-10-17-33(32)37(41)43)38-31-20-18-30(19-21-31)36(42)40-25-23-39(24-26-40)34(28-12-5-3-6-13-28)29-14-7-4-8-15-29/h3-10,12-21,34-35,38H,2,11,22-27H2,1H3/t35-/m0/s1. The second kappa shape index (κ2) is 13.9. The smallest absolute Gasteiger partial charge is 0.256 e. The molecule has 0 aliphatic carbocycles. The van der Waals surface area contributed by atoms with Crippen LogP contribution in [0.5, 0.6) is 0 Å². The van der Waals surface area contributed by atoms with Crippen molar-refractivity contribution in [2.75, 3.05) is 51.3 Å². The molecule has 0 spiro atoms. The van der Waals surface area contributed by atoms with E-state index < -0.39 is 0 Å². The average molecular weight is 589 g/mol. The van der Waals surface area contributed by atoms with Gasteiger partial charge in [0.1, 0.15) is 6.17 Å². The van der Waals surface area contributed by atoms with Gasteiger partial charge >= 0.3 is 0 Å². The lowest BCUT2D eigenvalue weighted by atomic mass is 9.96. The average Bonchev–Trinajstić information content (AvgIpc) is 3.34. The van der Waals surface area contributed by atoms with Gasteiger partial charge in [-0.3, -0.25) is 14.5 Å². The van der Waals surface area contributed by atoms with E-state index in [4.69, 9.17) is 4.74 Å². The van der Waals surface area contributed by atoms with Crippen molar-refractivity contribution in [2.45, 2.75) is 25.6 Å². The molecule has 7 nitrogen and oxygen atoms in total. The minimum absolute atomic E-state index is 0.0299. The summed E-state index contributed by atoms with van der Waals surface area (Å²) in [6, 6.07) is 36.8. The van der Waals surface area contributed by atoms with Gasteiger partial charge in [0.05, 0.1) is 6.04 Å². The number of hydrogen-bond acceptors (Lipinski definition) is 5. The van der Waals surface area contributed by atoms with E-state index >= 15 is 0 Å². The first-order chi connectivity index (χ1) is 21.6. The van der Waals surface area contributed by atoms with Gasteiger partial charge in [0.2, 0.25) is 0 Å². The predicted molar refractivity (Wildman–Crippen MR) is 174 cm³/mol. The topological polar surface area (TPSA) is 65.1 Å². The number of nitrogens with zero attached hydrogens (tertiary/aromatic N) is 3. The molecule has 1 fully saturated rings. The minimum atomic E-state index is -0.267. The number of amides is 2. The molecule has 7 heteroatoms. The summed E-state index contributed by atoms with van der Waals surface area (Å²) in [6.45, 7) is 6.81. The zero-order chi connectivity index (χ0) is 30.3. The molecule has 4 aromatic carbocycles. The summed E-state index contributed by atoms with van der Waals surface area (Å²) < 4.78 is 5.51. The quantitative estimate of drug-likeness (QED) is 0.211. The largest absolute Gasteiger partial charge is 0.382 e. The number of nitrogens with one attached hydrogen (secondary N) is 1. The number of piperazine rings is 1. The number of carbonyl (C=O) groups is 2. The monoisotopic (exact) mass is 588 g/mol. The highest BCUT2D eigenvalue weighted by atomic mass is 16.5. The summed E-state index contributed by atoms with van der Waals surface area (Å²) in [5.41, 5.74) is 5.76. The van der Waals surface area contributed by atoms with E-state index in [0.29, 0.717) is 38.4 Å². The van der Waals surface area contributed by atoms with Crippen LogP contribution in [0, 0.1) is 0 Å². The van der Waals surface area contributed by atoms with Crippen molar-refractivity contribution in [2.24, 2.45) is 0 Å². The molecule has 2 aliphatic rings. The van der Waals surface area contributed by atoms with Crippen LogP contribution in [-0.4, -0.2) is 72.5 Å². The van der Waals surface area contributed by atoms with Crippen LogP contribution in [0.25, 0.3) is 0 Å². The number of fused-ring (bicyclic) bond motifs is 1. The Bertz CT molecular complexity index is 1500. The fourth-order valence-corrected chi connectivity index (χ4v) is 6.36. The second-order valence-electron chi connectivity index (χ2n) is 11.3. The van der Waals surface area contributed by atoms with Crippen LogP contribution >= 0.6 is 0 Å². The number of carbonyl (C=O) groups excluding carboxylic acids is 2. The lowest BCUT2D eigenvalue weighted by Crippen LogP contribution is -2.49. The molecule has 6 rings (SSSR count). The minimum Gasteiger partial charge on any atom is -0.382 e. The SMILES string of the molecule is CCOCCCN1C(=O)c2ccccc2[C@H]1Nc1ccc(C(=O)N2CCN(C(c3ccccc3)c3ccccc3)CC2)cc1. The first-order valence-corrected chi connectivity index (χ1v) is 15.6. The van der Waals surface area contributed by atoms with Gasteiger partial charge in [-0.1, -0.05) is 78.9 Å². The van der Waals surface area contributed by atoms with Crippen LogP contribution in [0.3, 0.4) is 0 Å². The summed E-state index contributed by atoms with van der Waals surface area (Å²) >= 11 is 0. The third-order valence-corrected chi connectivity index (χ3v) is 8.58. The Morgan fingerprint density at radius 3 is 2.07 bits per heavy atom. The fourth-order valence-electron chi connectivity index (χ4n) is 6.36. The second-order valence-corrected chi connectivity index (χ2v) is 11.3. The molecule has 44 heavy (non-hydrogen) atoms. The first-order valence-electron chi connectivity index (χ1n) is 15.6. The van der Waals surface area contributed by atoms with Crippen LogP contribution in [0.15, 0.2) is 109 Å². The Kier molecular flexibility index (Phi) is 9.34. The van der Waals surface area contributed by atoms with Crippen molar-refractivity contribution in [1.29, 1.82) is 0 Å². The highest BCUT2D eigenvalue weighted by Crippen LogP contribution is 2.35. The third-order valence-electron chi connectivity index (χ3n) is 8.58. The Labute approximate surface area is 260 Å². The van der Waals surface area contributed by atoms with E-state index in [1.165, 1.54) is 11.1 Å². The summed E-state index contributed by atoms with van der Waals surface area (Å²) in [5, 5.41) is 3.55. The third kappa shape index (κ3) is 6.39. The van der Waals surface area contributed by atoms with Crippen molar-refractivity contribution in [1.82, 2.24) is 14.7 Å². The summed E-state index contributed by atoms with van der Waals surface area (Å²) in [6.07, 6.45) is 0.501. The molecule has 0 saturated carbocycles. The van der Waals surface area contributed by atoms with E-state index in [1.807, 2.05) is 65.3 Å². The molecule has 0 unspecified atom stereocenters. The summed E-state index contributed by atoms with van der Waals surface area (Å²) in [5.74, 6) is 0.0772. The highest BCUT2D eigenvalue weighted by Gasteiger charge is 2.36. The number of rotatable bonds is 11. The Balaban J connectivity index is 1.10. The van der Waals surface area contributed by atoms with E-state index in [0.717, 1.165) is 36.3 Å². The molecular formula is C37H40N4O3. The Hall–Kier alpha value is -4.46. The lowest BCUT2D eigenvalue weighted by Gasteiger charge is -2.39. The van der Waals surface area contributed by atoms with E-state index in [1.54, 1.807) is 0 Å². The highest BCUT2D eigenvalue weighted by molar-refractivity contribution is 5.99. The van der Waals surface area contributed by atoms with Crippen molar-refractivity contribution in [3.05, 3.63) is 137 Å². The Morgan fingerprint density at radius 2 is 1.43 bits per heavy atom. The lowest BCUT2D eigenvalue weighted by molar-refractivity contribution is 0.0597. The van der Waals surface area contributed by atoms with Crippen molar-refractivity contribution in [3.8, 4) is 0 Å². The summed E-state index contributed by atoms with van der Waals surface area (Å²) in [7, 11) is 0. The van der Waals surface area contributed by atoms with Crippen LogP contribution in [0.4, 0.5) is 5.69 Å². The van der Waals surface area contributed by atoms with Gasteiger partial charge in [-0.2, -0.15) is 0 Å². The molecule has 4 aromatic rings. The van der Waals surface area contributed by atoms with Crippen LogP contribution in [0.1, 0.15) is 63.0 Å². The molecule has 2 aliphatic heterocycles. The first kappa shape index (κ1) is 29.6. The maximum absolute atomic E-state index is 13.5. The van der Waals surface area contributed by atoms with E-state index in [2.05, 4.69) is 70.9 Å². The van der Waals surface area contributed by atoms with Gasteiger partial charge in [0.25, 0.3) is 11.8 Å². The van der Waals surface area contributed by atoms with Crippen LogP contribution in [0.2, 0.25) is 0 Å². The van der Waals surface area contributed by atoms with Gasteiger partial charge < -0.3 is 19.9 Å². The van der Waals surface area contributed by atoms with Crippen molar-refractivity contribution < 1.29 is 14.3 Å². The Morgan fingerprint density at radius 1 is 0.818 bits per heavy atom. The number of anilines is 1. The predicted octanol–water partition coefficient (Wildman–Crippen LogP) is 6.23. The van der Waals surface area contributed by atoms with Gasteiger partial charge in [-0.15, -0.1) is 0 Å². The zero-order valence-electron chi connectivity index (χ0n) is 25.3. The number of benzene rings is 4. The molecular weight excluding hydrogens is 548 g/mol. The maximum Gasteiger partial charge on any atom is 0.256 e. The number of hydrogen-bond donors (Lipinski definition) is 1. The summed E-state index contributed by atoms with van der Waals surface area (Å²) in [4.78, 5) is 33.0. The van der Waals surface area contributed by atoms with Crippen molar-refractivity contribution >= 4 is 17.5 Å². The molecule has 2 amide bonds. The molecule has 1 atom stereocenters. The van der Waals surface area contributed by atoms with Gasteiger partial charge in [-0.05, 0) is 54.8 Å². The molecule has 226 valence electrons. The van der Waals surface area contributed by atoms with Crippen molar-refractivity contribution in [3.63, 3.8) is 0 Å². The molecule has 1 saturated heterocycles. The molecule has 0 bridgehead atoms. The molecule has 1 N–H and O–H groups in total. The van der Waals surface area contributed by atoms with Gasteiger partial charge in [0.15, 0.2) is 0 Å².